The molecule has 1 aliphatic carbocycles. The normalized spacial score (nSPS) is 18.3. The molecule has 172 valence electrons. The van der Waals surface area contributed by atoms with Crippen LogP contribution < -0.4 is 10.2 Å². The monoisotopic (exact) mass is 427 g/mol. The van der Waals surface area contributed by atoms with Crippen LogP contribution in [0.25, 0.3) is 0 Å². The van der Waals surface area contributed by atoms with Crippen molar-refractivity contribution >= 4 is 23.2 Å². The van der Waals surface area contributed by atoms with Gasteiger partial charge in [-0.25, -0.2) is 0 Å². The highest BCUT2D eigenvalue weighted by Gasteiger charge is 2.23. The predicted octanol–water partition coefficient (Wildman–Crippen LogP) is 5.46. The lowest BCUT2D eigenvalue weighted by molar-refractivity contribution is -0.131. The second kappa shape index (κ2) is 12.1. The fourth-order valence-electron chi connectivity index (χ4n) is 4.97. The van der Waals surface area contributed by atoms with Crippen molar-refractivity contribution in [3.63, 3.8) is 0 Å². The first-order valence-corrected chi connectivity index (χ1v) is 12.5. The largest absolute Gasteiger partial charge is 0.368 e. The summed E-state index contributed by atoms with van der Waals surface area (Å²) in [6.07, 6.45) is 11.2. The third-order valence-corrected chi connectivity index (χ3v) is 7.14. The molecule has 1 aromatic carbocycles. The zero-order valence-electron chi connectivity index (χ0n) is 19.6. The first-order chi connectivity index (χ1) is 15.1. The minimum atomic E-state index is 0.0962. The maximum absolute atomic E-state index is 12.6. The Labute approximate surface area is 188 Å². The molecule has 0 unspecified atom stereocenters. The molecule has 1 heterocycles. The van der Waals surface area contributed by atoms with Crippen LogP contribution in [-0.4, -0.2) is 42.9 Å². The summed E-state index contributed by atoms with van der Waals surface area (Å²) in [6, 6.07) is 8.16. The quantitative estimate of drug-likeness (QED) is 0.539. The molecule has 1 saturated heterocycles. The van der Waals surface area contributed by atoms with Crippen LogP contribution in [0.5, 0.6) is 0 Å². The molecule has 0 aromatic heterocycles. The number of nitrogens with one attached hydrogen (secondary N) is 1. The molecular weight excluding hydrogens is 386 g/mol. The van der Waals surface area contributed by atoms with Gasteiger partial charge >= 0.3 is 0 Å². The molecule has 1 aromatic rings. The van der Waals surface area contributed by atoms with Gasteiger partial charge in [0.15, 0.2) is 0 Å². The number of rotatable bonds is 10. The molecule has 2 fully saturated rings. The molecule has 1 aliphatic heterocycles. The van der Waals surface area contributed by atoms with Crippen molar-refractivity contribution < 1.29 is 9.59 Å². The first kappa shape index (κ1) is 23.6. The fraction of sp³-hybridized carbons (Fsp3) is 0.692. The van der Waals surface area contributed by atoms with Crippen molar-refractivity contribution in [2.24, 2.45) is 11.8 Å². The molecule has 0 radical (unpaired) electrons. The zero-order valence-corrected chi connectivity index (χ0v) is 19.6. The Morgan fingerprint density at radius 1 is 1.03 bits per heavy atom. The third-order valence-electron chi connectivity index (χ3n) is 7.14. The number of carbonyl (C=O) groups is 2. The van der Waals surface area contributed by atoms with E-state index in [1.54, 1.807) is 0 Å². The Bertz CT molecular complexity index is 689. The zero-order chi connectivity index (χ0) is 22.1. The van der Waals surface area contributed by atoms with Crippen LogP contribution in [0.4, 0.5) is 11.4 Å². The highest BCUT2D eigenvalue weighted by molar-refractivity contribution is 5.92. The van der Waals surface area contributed by atoms with E-state index in [-0.39, 0.29) is 11.8 Å². The average Bonchev–Trinajstić information content (AvgIpc) is 3.32. The van der Waals surface area contributed by atoms with E-state index in [0.29, 0.717) is 5.91 Å². The molecule has 3 rings (SSSR count). The van der Waals surface area contributed by atoms with Gasteiger partial charge in [-0.1, -0.05) is 52.4 Å². The molecule has 5 nitrogen and oxygen atoms in total. The van der Waals surface area contributed by atoms with Gasteiger partial charge in [-0.3, -0.25) is 9.59 Å². The van der Waals surface area contributed by atoms with Crippen molar-refractivity contribution in [2.75, 3.05) is 36.4 Å². The molecule has 2 amide bonds. The summed E-state index contributed by atoms with van der Waals surface area (Å²) in [5, 5.41) is 3.08. The summed E-state index contributed by atoms with van der Waals surface area (Å²) in [4.78, 5) is 29.5. The molecule has 5 heteroatoms. The van der Waals surface area contributed by atoms with Crippen molar-refractivity contribution in [1.82, 2.24) is 4.90 Å². The van der Waals surface area contributed by atoms with Gasteiger partial charge in [-0.2, -0.15) is 0 Å². The van der Waals surface area contributed by atoms with E-state index in [0.717, 1.165) is 82.0 Å². The van der Waals surface area contributed by atoms with Gasteiger partial charge in [-0.15, -0.1) is 0 Å². The number of benzene rings is 1. The maximum atomic E-state index is 12.6. The maximum Gasteiger partial charge on any atom is 0.227 e. The van der Waals surface area contributed by atoms with Gasteiger partial charge in [0.05, 0.1) is 0 Å². The third kappa shape index (κ3) is 6.98. The van der Waals surface area contributed by atoms with Crippen molar-refractivity contribution in [3.8, 4) is 0 Å². The first-order valence-electron chi connectivity index (χ1n) is 12.5. The lowest BCUT2D eigenvalue weighted by atomic mass is 9.98. The summed E-state index contributed by atoms with van der Waals surface area (Å²) in [5.74, 6) is 1.34. The van der Waals surface area contributed by atoms with Gasteiger partial charge in [0.25, 0.3) is 0 Å². The minimum Gasteiger partial charge on any atom is -0.368 e. The number of amides is 2. The smallest absolute Gasteiger partial charge is 0.227 e. The Kier molecular flexibility index (Phi) is 9.23. The molecule has 0 bridgehead atoms. The molecule has 0 spiro atoms. The van der Waals surface area contributed by atoms with E-state index >= 15 is 0 Å². The second-order valence-corrected chi connectivity index (χ2v) is 9.34. The standard InChI is InChI=1S/C26H41N3O2/c1-3-5-10-22(4-2)26(31)27-23-12-14-24(15-13-23)28-17-19-29(20-18-28)25(30)16-11-21-8-6-7-9-21/h12-15,21-22H,3-11,16-20H2,1-2H3,(H,27,31)/t22-/m1/s1. The predicted molar refractivity (Wildman–Crippen MR) is 128 cm³/mol. The van der Waals surface area contributed by atoms with E-state index in [2.05, 4.69) is 36.2 Å². The van der Waals surface area contributed by atoms with Crippen molar-refractivity contribution in [2.45, 2.75) is 78.1 Å². The van der Waals surface area contributed by atoms with Crippen LogP contribution in [0, 0.1) is 11.8 Å². The number of unbranched alkanes of at least 4 members (excludes halogenated alkanes) is 1. The number of nitrogens with zero attached hydrogens (tertiary/aromatic N) is 2. The van der Waals surface area contributed by atoms with Gasteiger partial charge in [0.2, 0.25) is 11.8 Å². The number of piperazine rings is 1. The molecule has 31 heavy (non-hydrogen) atoms. The molecule has 1 N–H and O–H groups in total. The fourth-order valence-corrected chi connectivity index (χ4v) is 4.97. The average molecular weight is 428 g/mol. The highest BCUT2D eigenvalue weighted by atomic mass is 16.2. The van der Waals surface area contributed by atoms with Crippen LogP contribution >= 0.6 is 0 Å². The molecule has 1 atom stereocenters. The van der Waals surface area contributed by atoms with E-state index in [1.807, 2.05) is 17.0 Å². The Morgan fingerprint density at radius 2 is 1.71 bits per heavy atom. The number of hydrogen-bond donors (Lipinski definition) is 1. The van der Waals surface area contributed by atoms with Crippen molar-refractivity contribution in [3.05, 3.63) is 24.3 Å². The van der Waals surface area contributed by atoms with Crippen LogP contribution in [-0.2, 0) is 9.59 Å². The summed E-state index contributed by atoms with van der Waals surface area (Å²) in [7, 11) is 0. The van der Waals surface area contributed by atoms with Crippen LogP contribution in [0.2, 0.25) is 0 Å². The van der Waals surface area contributed by atoms with E-state index in [4.69, 9.17) is 0 Å². The second-order valence-electron chi connectivity index (χ2n) is 9.34. The van der Waals surface area contributed by atoms with Gasteiger partial charge in [0, 0.05) is 49.9 Å². The summed E-state index contributed by atoms with van der Waals surface area (Å²) >= 11 is 0. The summed E-state index contributed by atoms with van der Waals surface area (Å²) in [5.41, 5.74) is 2.03. The lowest BCUT2D eigenvalue weighted by Gasteiger charge is -2.36. The van der Waals surface area contributed by atoms with Crippen LogP contribution in [0.15, 0.2) is 24.3 Å². The van der Waals surface area contributed by atoms with E-state index in [1.165, 1.54) is 25.7 Å². The molecular formula is C26H41N3O2. The van der Waals surface area contributed by atoms with Gasteiger partial charge in [-0.05, 0) is 49.4 Å². The molecule has 1 saturated carbocycles. The SMILES string of the molecule is CCCC[C@@H](CC)C(=O)Nc1ccc(N2CCN(C(=O)CCC3CCCC3)CC2)cc1. The Morgan fingerprint density at radius 3 is 2.32 bits per heavy atom. The van der Waals surface area contributed by atoms with Crippen LogP contribution in [0.1, 0.15) is 78.1 Å². The Hall–Kier alpha value is -2.04. The van der Waals surface area contributed by atoms with E-state index in [9.17, 15) is 9.59 Å². The van der Waals surface area contributed by atoms with Gasteiger partial charge in [0.1, 0.15) is 0 Å². The minimum absolute atomic E-state index is 0.0962. The van der Waals surface area contributed by atoms with Crippen molar-refractivity contribution in [1.29, 1.82) is 0 Å². The lowest BCUT2D eigenvalue weighted by Crippen LogP contribution is -2.48. The highest BCUT2D eigenvalue weighted by Crippen LogP contribution is 2.29. The Balaban J connectivity index is 1.43. The topological polar surface area (TPSA) is 52.7 Å². The molecule has 2 aliphatic rings. The number of carbonyl (C=O) groups excluding carboxylic acids is 2. The van der Waals surface area contributed by atoms with E-state index < -0.39 is 0 Å². The summed E-state index contributed by atoms with van der Waals surface area (Å²) < 4.78 is 0. The number of hydrogen-bond acceptors (Lipinski definition) is 3. The summed E-state index contributed by atoms with van der Waals surface area (Å²) in [6.45, 7) is 7.60. The van der Waals surface area contributed by atoms with Gasteiger partial charge < -0.3 is 15.1 Å². The number of anilines is 2. The van der Waals surface area contributed by atoms with Crippen LogP contribution in [0.3, 0.4) is 0 Å².